The van der Waals surface area contributed by atoms with Crippen LogP contribution in [0.4, 0.5) is 5.69 Å². The molecule has 1 atom stereocenters. The fourth-order valence-corrected chi connectivity index (χ4v) is 4.31. The number of rotatable bonds is 6. The minimum Gasteiger partial charge on any atom is -0.392 e. The molecule has 1 aromatic heterocycles. The van der Waals surface area contributed by atoms with E-state index in [2.05, 4.69) is 5.32 Å². The summed E-state index contributed by atoms with van der Waals surface area (Å²) in [5, 5.41) is 17.6. The number of anilines is 1. The molecule has 0 saturated heterocycles. The van der Waals surface area contributed by atoms with Crippen LogP contribution in [0.25, 0.3) is 11.3 Å². The molecule has 1 unspecified atom stereocenters. The van der Waals surface area contributed by atoms with Crippen molar-refractivity contribution in [3.05, 3.63) is 70.4 Å². The van der Waals surface area contributed by atoms with Crippen LogP contribution in [0.1, 0.15) is 52.6 Å². The molecule has 2 aromatic carbocycles. The van der Waals surface area contributed by atoms with Crippen LogP contribution in [0.3, 0.4) is 0 Å². The Morgan fingerprint density at radius 1 is 1.21 bits per heavy atom. The fourth-order valence-electron chi connectivity index (χ4n) is 4.31. The number of aliphatic hydroxyl groups is 1. The van der Waals surface area contributed by atoms with Crippen molar-refractivity contribution < 1.29 is 14.7 Å². The number of nitrogens with one attached hydrogen (secondary N) is 1. The fraction of sp³-hybridized carbons (Fsp3) is 0.320. The van der Waals surface area contributed by atoms with Crippen LogP contribution in [-0.2, 0) is 24.5 Å². The summed E-state index contributed by atoms with van der Waals surface area (Å²) in [5.41, 5.74) is 11.5. The predicted molar refractivity (Wildman–Crippen MR) is 126 cm³/mol. The molecule has 8 nitrogen and oxygen atoms in total. The van der Waals surface area contributed by atoms with Crippen LogP contribution in [0.15, 0.2) is 42.5 Å². The summed E-state index contributed by atoms with van der Waals surface area (Å²) in [7, 11) is 0. The largest absolute Gasteiger partial charge is 0.392 e. The maximum Gasteiger partial charge on any atom is 0.272 e. The van der Waals surface area contributed by atoms with Crippen LogP contribution >= 0.6 is 0 Å². The monoisotopic (exact) mass is 447 g/mol. The van der Waals surface area contributed by atoms with E-state index >= 15 is 0 Å². The van der Waals surface area contributed by atoms with Gasteiger partial charge in [0.2, 0.25) is 5.91 Å². The summed E-state index contributed by atoms with van der Waals surface area (Å²) in [5.74, 6) is -0.343. The number of fused-ring (bicyclic) bond motifs is 1. The van der Waals surface area contributed by atoms with Crippen molar-refractivity contribution in [3.63, 3.8) is 0 Å². The lowest BCUT2D eigenvalue weighted by molar-refractivity contribution is -0.114. The Balaban J connectivity index is 1.74. The zero-order chi connectivity index (χ0) is 23.7. The molecular formula is C25H29N5O3. The summed E-state index contributed by atoms with van der Waals surface area (Å²) in [6, 6.07) is 13.5. The Kier molecular flexibility index (Phi) is 6.31. The second-order valence-electron chi connectivity index (χ2n) is 8.60. The van der Waals surface area contributed by atoms with Gasteiger partial charge in [0.25, 0.3) is 5.91 Å². The SMILES string of the molecule is CC(=O)Nc1cc(CN)cc(CO)c1-c1cc2n(n1)C(C)CN(Cc1ccc(C)cc1)C2=O. The number of benzene rings is 2. The first-order valence-corrected chi connectivity index (χ1v) is 11.0. The van der Waals surface area contributed by atoms with E-state index in [-0.39, 0.29) is 31.0 Å². The number of aliphatic hydroxyl groups excluding tert-OH is 1. The van der Waals surface area contributed by atoms with E-state index in [1.54, 1.807) is 22.9 Å². The van der Waals surface area contributed by atoms with Gasteiger partial charge in [-0.05, 0) is 42.7 Å². The van der Waals surface area contributed by atoms with Crippen molar-refractivity contribution in [2.24, 2.45) is 5.73 Å². The van der Waals surface area contributed by atoms with Crippen molar-refractivity contribution in [3.8, 4) is 11.3 Å². The molecule has 33 heavy (non-hydrogen) atoms. The highest BCUT2D eigenvalue weighted by molar-refractivity contribution is 5.97. The third kappa shape index (κ3) is 4.53. The van der Waals surface area contributed by atoms with Crippen LogP contribution in [0, 0.1) is 6.92 Å². The molecule has 8 heteroatoms. The van der Waals surface area contributed by atoms with Crippen LogP contribution in [-0.4, -0.2) is 38.1 Å². The van der Waals surface area contributed by atoms with Crippen molar-refractivity contribution >= 4 is 17.5 Å². The summed E-state index contributed by atoms with van der Waals surface area (Å²) in [6.45, 7) is 6.56. The molecule has 172 valence electrons. The van der Waals surface area contributed by atoms with Gasteiger partial charge >= 0.3 is 0 Å². The van der Waals surface area contributed by atoms with Crippen molar-refractivity contribution in [2.75, 3.05) is 11.9 Å². The molecule has 1 aliphatic rings. The van der Waals surface area contributed by atoms with Gasteiger partial charge in [0, 0.05) is 32.1 Å². The van der Waals surface area contributed by atoms with Crippen LogP contribution < -0.4 is 11.1 Å². The Morgan fingerprint density at radius 3 is 2.58 bits per heavy atom. The molecule has 2 amide bonds. The number of aryl methyl sites for hydroxylation is 1. The van der Waals surface area contributed by atoms with E-state index in [1.165, 1.54) is 12.5 Å². The average molecular weight is 448 g/mol. The Labute approximate surface area is 193 Å². The number of hydrogen-bond acceptors (Lipinski definition) is 5. The van der Waals surface area contributed by atoms with Crippen molar-refractivity contribution in [1.29, 1.82) is 0 Å². The molecule has 1 aliphatic heterocycles. The molecule has 0 radical (unpaired) electrons. The molecule has 3 aromatic rings. The topological polar surface area (TPSA) is 113 Å². The third-order valence-electron chi connectivity index (χ3n) is 5.89. The Bertz CT molecular complexity index is 1200. The van der Waals surface area contributed by atoms with Gasteiger partial charge in [-0.25, -0.2) is 0 Å². The Morgan fingerprint density at radius 2 is 1.94 bits per heavy atom. The number of amides is 2. The summed E-state index contributed by atoms with van der Waals surface area (Å²) < 4.78 is 1.73. The van der Waals surface area contributed by atoms with Gasteiger partial charge in [0.15, 0.2) is 0 Å². The number of aromatic nitrogens is 2. The Hall–Kier alpha value is -3.49. The lowest BCUT2D eigenvalue weighted by Gasteiger charge is -2.31. The first-order chi connectivity index (χ1) is 15.8. The number of nitrogens with zero attached hydrogens (tertiary/aromatic N) is 3. The van der Waals surface area contributed by atoms with Crippen molar-refractivity contribution in [1.82, 2.24) is 14.7 Å². The van der Waals surface area contributed by atoms with Gasteiger partial charge in [-0.1, -0.05) is 35.9 Å². The summed E-state index contributed by atoms with van der Waals surface area (Å²) >= 11 is 0. The molecule has 0 bridgehead atoms. The highest BCUT2D eigenvalue weighted by atomic mass is 16.3. The molecule has 0 aliphatic carbocycles. The van der Waals surface area contributed by atoms with Gasteiger partial charge in [0.05, 0.1) is 24.0 Å². The molecular weight excluding hydrogens is 418 g/mol. The number of carbonyl (C=O) groups is 2. The zero-order valence-corrected chi connectivity index (χ0v) is 19.1. The molecule has 2 heterocycles. The van der Waals surface area contributed by atoms with Gasteiger partial charge in [0.1, 0.15) is 5.69 Å². The highest BCUT2D eigenvalue weighted by Gasteiger charge is 2.32. The van der Waals surface area contributed by atoms with Crippen molar-refractivity contribution in [2.45, 2.75) is 46.5 Å². The lowest BCUT2D eigenvalue weighted by Crippen LogP contribution is -2.41. The summed E-state index contributed by atoms with van der Waals surface area (Å²) in [4.78, 5) is 27.0. The first kappa shape index (κ1) is 22.7. The summed E-state index contributed by atoms with van der Waals surface area (Å²) in [6.07, 6.45) is 0. The first-order valence-electron chi connectivity index (χ1n) is 11.0. The quantitative estimate of drug-likeness (QED) is 0.538. The highest BCUT2D eigenvalue weighted by Crippen LogP contribution is 2.35. The number of carbonyl (C=O) groups excluding carboxylic acids is 2. The predicted octanol–water partition coefficient (Wildman–Crippen LogP) is 2.98. The molecule has 4 rings (SSSR count). The molecule has 4 N–H and O–H groups in total. The van der Waals surface area contributed by atoms with E-state index in [0.717, 1.165) is 11.1 Å². The van der Waals surface area contributed by atoms with E-state index < -0.39 is 0 Å². The van der Waals surface area contributed by atoms with Gasteiger partial charge in [-0.2, -0.15) is 5.10 Å². The second-order valence-corrected chi connectivity index (χ2v) is 8.60. The van der Waals surface area contributed by atoms with Gasteiger partial charge in [-0.15, -0.1) is 0 Å². The maximum absolute atomic E-state index is 13.3. The van der Waals surface area contributed by atoms with E-state index in [4.69, 9.17) is 10.8 Å². The van der Waals surface area contributed by atoms with E-state index in [1.807, 2.05) is 43.0 Å². The van der Waals surface area contributed by atoms with Gasteiger partial charge in [-0.3, -0.25) is 14.3 Å². The second kappa shape index (κ2) is 9.17. The van der Waals surface area contributed by atoms with Crippen LogP contribution in [0.2, 0.25) is 0 Å². The molecule has 0 spiro atoms. The average Bonchev–Trinajstić information content (AvgIpc) is 3.23. The smallest absolute Gasteiger partial charge is 0.272 e. The number of nitrogens with two attached hydrogens (primary N) is 1. The minimum atomic E-state index is -0.249. The maximum atomic E-state index is 13.3. The van der Waals surface area contributed by atoms with Crippen LogP contribution in [0.5, 0.6) is 0 Å². The lowest BCUT2D eigenvalue weighted by atomic mass is 9.98. The minimum absolute atomic E-state index is 0.0259. The molecule has 0 saturated carbocycles. The van der Waals surface area contributed by atoms with E-state index in [9.17, 15) is 14.7 Å². The molecule has 0 fully saturated rings. The zero-order valence-electron chi connectivity index (χ0n) is 19.1. The van der Waals surface area contributed by atoms with E-state index in [0.29, 0.717) is 41.3 Å². The normalized spacial score (nSPS) is 15.5. The van der Waals surface area contributed by atoms with Gasteiger partial charge < -0.3 is 21.1 Å². The standard InChI is InChI=1S/C25H29N5O3/c1-15-4-6-18(7-5-15)13-29-12-16(2)30-23(25(29)33)10-22(28-30)24-20(14-31)8-19(11-26)9-21(24)27-17(3)32/h4-10,16,31H,11-14,26H2,1-3H3,(H,27,32). The third-order valence-corrected chi connectivity index (χ3v) is 5.89. The number of hydrogen-bond donors (Lipinski definition) is 3.